The van der Waals surface area contributed by atoms with Crippen LogP contribution in [0.5, 0.6) is 0 Å². The molecule has 0 nitrogen and oxygen atoms in total. The molecule has 0 bridgehead atoms. The first kappa shape index (κ1) is 11.8. The van der Waals surface area contributed by atoms with E-state index in [4.69, 9.17) is 11.2 Å². The van der Waals surface area contributed by atoms with Crippen LogP contribution < -0.4 is 0 Å². The number of rotatable bonds is 6. The summed E-state index contributed by atoms with van der Waals surface area (Å²) in [7, 11) is -0.126. The smallest absolute Gasteiger partial charge is 0.00656 e. The Balaban J connectivity index is 1.99. The van der Waals surface area contributed by atoms with E-state index in [0.717, 1.165) is 5.66 Å². The zero-order chi connectivity index (χ0) is 9.52. The van der Waals surface area contributed by atoms with Crippen LogP contribution in [0.25, 0.3) is 0 Å². The molecule has 0 aromatic heterocycles. The summed E-state index contributed by atoms with van der Waals surface area (Å²) in [4.78, 5) is 0. The molecule has 0 amide bonds. The summed E-state index contributed by atoms with van der Waals surface area (Å²) in [6.07, 6.45) is 12.5. The van der Waals surface area contributed by atoms with Crippen molar-refractivity contribution in [3.8, 4) is 0 Å². The fraction of sp³-hybridized carbons (Fsp3) is 1.00. The molecule has 0 aliphatic heterocycles. The molecule has 1 saturated carbocycles. The van der Waals surface area contributed by atoms with Crippen LogP contribution in [0.3, 0.4) is 0 Å². The van der Waals surface area contributed by atoms with Gasteiger partial charge in [-0.1, -0.05) is 50.3 Å². The van der Waals surface area contributed by atoms with Gasteiger partial charge in [-0.15, -0.1) is 0 Å². The number of hydrogen-bond donors (Lipinski definition) is 0. The van der Waals surface area contributed by atoms with Crippen molar-refractivity contribution in [1.82, 2.24) is 0 Å². The van der Waals surface area contributed by atoms with Crippen LogP contribution in [0.1, 0.15) is 58.3 Å². The molecule has 1 atom stereocenters. The van der Waals surface area contributed by atoms with Crippen molar-refractivity contribution < 1.29 is 0 Å². The molecule has 0 heterocycles. The zero-order valence-electron chi connectivity index (χ0n) is 8.77. The van der Waals surface area contributed by atoms with Crippen molar-refractivity contribution in [2.45, 2.75) is 63.9 Å². The van der Waals surface area contributed by atoms with Crippen LogP contribution in [-0.4, -0.2) is 11.8 Å². The Morgan fingerprint density at radius 2 is 1.85 bits per heavy atom. The van der Waals surface area contributed by atoms with E-state index in [2.05, 4.69) is 6.92 Å². The first-order chi connectivity index (χ1) is 6.34. The molecule has 0 saturated heterocycles. The topological polar surface area (TPSA) is 0 Å². The van der Waals surface area contributed by atoms with Gasteiger partial charge < -0.3 is 0 Å². The largest absolute Gasteiger partial charge is 0.0961 e. The average molecular weight is 221 g/mol. The second-order valence-corrected chi connectivity index (χ2v) is 7.40. The molecule has 1 unspecified atom stereocenters. The molecular formula is C11H22ClP. The highest BCUT2D eigenvalue weighted by molar-refractivity contribution is 7.84. The van der Waals surface area contributed by atoms with Gasteiger partial charge in [0.15, 0.2) is 0 Å². The van der Waals surface area contributed by atoms with Crippen LogP contribution in [0, 0.1) is 0 Å². The van der Waals surface area contributed by atoms with Gasteiger partial charge in [0, 0.05) is 0 Å². The van der Waals surface area contributed by atoms with E-state index >= 15 is 0 Å². The van der Waals surface area contributed by atoms with E-state index < -0.39 is 0 Å². The molecule has 0 aromatic carbocycles. The van der Waals surface area contributed by atoms with E-state index in [1.165, 1.54) is 57.5 Å². The normalized spacial score (nSPS) is 20.8. The second kappa shape index (κ2) is 7.07. The summed E-state index contributed by atoms with van der Waals surface area (Å²) in [5.74, 6) is 0. The third-order valence-corrected chi connectivity index (χ3v) is 6.33. The predicted molar refractivity (Wildman–Crippen MR) is 64.0 cm³/mol. The van der Waals surface area contributed by atoms with Crippen LogP contribution in [0.4, 0.5) is 0 Å². The SMILES string of the molecule is CCCCCCP(Cl)C1CCCC1. The first-order valence-corrected chi connectivity index (χ1v) is 8.27. The predicted octanol–water partition coefficient (Wildman–Crippen LogP) is 5.15. The van der Waals surface area contributed by atoms with E-state index in [1.807, 2.05) is 0 Å². The summed E-state index contributed by atoms with van der Waals surface area (Å²) in [5, 5.41) is 0. The summed E-state index contributed by atoms with van der Waals surface area (Å²) < 4.78 is 0. The van der Waals surface area contributed by atoms with Gasteiger partial charge in [0.1, 0.15) is 0 Å². The molecule has 0 N–H and O–H groups in total. The van der Waals surface area contributed by atoms with E-state index in [-0.39, 0.29) is 7.27 Å². The van der Waals surface area contributed by atoms with Crippen LogP contribution in [0.2, 0.25) is 0 Å². The highest BCUT2D eigenvalue weighted by atomic mass is 35.7. The lowest BCUT2D eigenvalue weighted by atomic mass is 10.2. The van der Waals surface area contributed by atoms with Crippen molar-refractivity contribution in [1.29, 1.82) is 0 Å². The van der Waals surface area contributed by atoms with Crippen molar-refractivity contribution >= 4 is 18.5 Å². The molecule has 0 spiro atoms. The molecule has 1 aliphatic rings. The maximum atomic E-state index is 6.43. The third-order valence-electron chi connectivity index (χ3n) is 2.95. The Kier molecular flexibility index (Phi) is 6.41. The second-order valence-electron chi connectivity index (χ2n) is 4.12. The molecule has 0 aromatic rings. The Morgan fingerprint density at radius 1 is 1.15 bits per heavy atom. The molecule has 1 fully saturated rings. The molecular weight excluding hydrogens is 199 g/mol. The highest BCUT2D eigenvalue weighted by Crippen LogP contribution is 2.53. The van der Waals surface area contributed by atoms with Crippen molar-refractivity contribution in [2.24, 2.45) is 0 Å². The van der Waals surface area contributed by atoms with Gasteiger partial charge in [0.25, 0.3) is 0 Å². The summed E-state index contributed by atoms with van der Waals surface area (Å²) >= 11 is 6.43. The van der Waals surface area contributed by atoms with E-state index in [1.54, 1.807) is 0 Å². The van der Waals surface area contributed by atoms with Gasteiger partial charge in [-0.25, -0.2) is 0 Å². The number of unbranched alkanes of at least 4 members (excludes halogenated alkanes) is 3. The average Bonchev–Trinajstić information content (AvgIpc) is 2.65. The quantitative estimate of drug-likeness (QED) is 0.429. The Bertz CT molecular complexity index is 121. The zero-order valence-corrected chi connectivity index (χ0v) is 10.4. The Morgan fingerprint density at radius 3 is 2.46 bits per heavy atom. The summed E-state index contributed by atoms with van der Waals surface area (Å²) in [6, 6.07) is 0. The monoisotopic (exact) mass is 220 g/mol. The lowest BCUT2D eigenvalue weighted by molar-refractivity contribution is 0.703. The van der Waals surface area contributed by atoms with Crippen LogP contribution in [-0.2, 0) is 0 Å². The summed E-state index contributed by atoms with van der Waals surface area (Å²) in [5.41, 5.74) is 0.915. The summed E-state index contributed by atoms with van der Waals surface area (Å²) in [6.45, 7) is 2.26. The molecule has 0 radical (unpaired) electrons. The Hall–Kier alpha value is 0.720. The standard InChI is InChI=1S/C11H22ClP/c1-2-3-4-7-10-13(12)11-8-5-6-9-11/h11H,2-10H2,1H3. The molecule has 2 heteroatoms. The minimum absolute atomic E-state index is 0.126. The van der Waals surface area contributed by atoms with E-state index in [9.17, 15) is 0 Å². The van der Waals surface area contributed by atoms with Crippen molar-refractivity contribution in [3.05, 3.63) is 0 Å². The van der Waals surface area contributed by atoms with Gasteiger partial charge in [-0.3, -0.25) is 0 Å². The lowest BCUT2D eigenvalue weighted by Crippen LogP contribution is -1.97. The maximum absolute atomic E-state index is 6.43. The van der Waals surface area contributed by atoms with Crippen molar-refractivity contribution in [2.75, 3.05) is 6.16 Å². The van der Waals surface area contributed by atoms with Gasteiger partial charge in [0.2, 0.25) is 0 Å². The van der Waals surface area contributed by atoms with E-state index in [0.29, 0.717) is 0 Å². The van der Waals surface area contributed by atoms with Crippen LogP contribution in [0.15, 0.2) is 0 Å². The minimum atomic E-state index is -0.126. The van der Waals surface area contributed by atoms with Crippen molar-refractivity contribution in [3.63, 3.8) is 0 Å². The number of hydrogen-bond acceptors (Lipinski definition) is 0. The third kappa shape index (κ3) is 4.66. The first-order valence-electron chi connectivity index (χ1n) is 5.77. The molecule has 1 aliphatic carbocycles. The van der Waals surface area contributed by atoms with Crippen LogP contribution >= 0.6 is 18.5 Å². The molecule has 13 heavy (non-hydrogen) atoms. The Labute approximate surface area is 89.0 Å². The fourth-order valence-corrected chi connectivity index (χ4v) is 4.82. The van der Waals surface area contributed by atoms with Gasteiger partial charge >= 0.3 is 0 Å². The van der Waals surface area contributed by atoms with Gasteiger partial charge in [0.05, 0.1) is 0 Å². The number of halogens is 1. The van der Waals surface area contributed by atoms with Gasteiger partial charge in [-0.2, -0.15) is 0 Å². The molecule has 78 valence electrons. The lowest BCUT2D eigenvalue weighted by Gasteiger charge is -2.16. The maximum Gasteiger partial charge on any atom is -0.00656 e. The minimum Gasteiger partial charge on any atom is -0.0961 e. The molecule has 1 rings (SSSR count). The highest BCUT2D eigenvalue weighted by Gasteiger charge is 2.22. The fourth-order valence-electron chi connectivity index (χ4n) is 2.06. The van der Waals surface area contributed by atoms with Gasteiger partial charge in [-0.05, 0) is 38.4 Å².